The number of hydrogen-bond donors (Lipinski definition) is 0. The fraction of sp³-hybridized carbons (Fsp3) is 0.400. The monoisotopic (exact) mass is 108 g/mol. The summed E-state index contributed by atoms with van der Waals surface area (Å²) in [6, 6.07) is 0. The molecule has 0 spiro atoms. The fourth-order valence-corrected chi connectivity index (χ4v) is 0.201. The first-order valence-electron chi connectivity index (χ1n) is 2.10. The molecule has 0 amide bonds. The predicted molar refractivity (Wildman–Crippen MR) is 34.0 cm³/mol. The van der Waals surface area contributed by atoms with Crippen LogP contribution in [0.15, 0.2) is 12.7 Å². The van der Waals surface area contributed by atoms with Crippen molar-refractivity contribution in [2.45, 2.75) is 6.92 Å². The van der Waals surface area contributed by atoms with Crippen LogP contribution in [0.2, 0.25) is 0 Å². The minimum absolute atomic E-state index is 0. The van der Waals surface area contributed by atoms with Crippen LogP contribution in [0.5, 0.6) is 0 Å². The van der Waals surface area contributed by atoms with E-state index in [1.165, 1.54) is 0 Å². The molecule has 0 saturated heterocycles. The second kappa shape index (κ2) is 6.81. The Bertz CT molecular complexity index is 80.5. The molecule has 8 heavy (non-hydrogen) atoms. The summed E-state index contributed by atoms with van der Waals surface area (Å²) in [6.07, 6.45) is 1.14. The van der Waals surface area contributed by atoms with E-state index in [1.807, 2.05) is 0 Å². The van der Waals surface area contributed by atoms with Gasteiger partial charge in [0.05, 0.1) is 6.61 Å². The molecule has 0 aromatic rings. The summed E-state index contributed by atoms with van der Waals surface area (Å²) in [5.74, 6) is -0.359. The Hall–Kier alpha value is -0.193. The molecule has 0 fully saturated rings. The molecule has 0 radical (unpaired) electrons. The molecule has 0 aliphatic rings. The molecule has 3 heteroatoms. The van der Waals surface area contributed by atoms with Crippen molar-refractivity contribution in [2.75, 3.05) is 6.61 Å². The van der Waals surface area contributed by atoms with Gasteiger partial charge >= 0.3 is 24.8 Å². The first-order valence-corrected chi connectivity index (χ1v) is 2.10. The molecule has 42 valence electrons. The van der Waals surface area contributed by atoms with Gasteiger partial charge in [-0.05, 0) is 6.92 Å². The van der Waals surface area contributed by atoms with Gasteiger partial charge in [-0.1, -0.05) is 6.58 Å². The molecule has 0 bridgehead atoms. The van der Waals surface area contributed by atoms with Crippen molar-refractivity contribution in [1.29, 1.82) is 0 Å². The van der Waals surface area contributed by atoms with Crippen molar-refractivity contribution < 1.29 is 9.53 Å². The molecule has 0 N–H and O–H groups in total. The van der Waals surface area contributed by atoms with Crippen molar-refractivity contribution in [1.82, 2.24) is 0 Å². The average Bonchev–Trinajstić information content (AvgIpc) is 1.68. The zero-order valence-electron chi connectivity index (χ0n) is 4.31. The second-order valence-corrected chi connectivity index (χ2v) is 0.956. The topological polar surface area (TPSA) is 26.3 Å². The number of esters is 1. The number of carbonyl (C=O) groups excluding carboxylic acids is 1. The van der Waals surface area contributed by atoms with Crippen molar-refractivity contribution in [3.63, 3.8) is 0 Å². The van der Waals surface area contributed by atoms with Crippen LogP contribution in [-0.4, -0.2) is 31.4 Å². The quantitative estimate of drug-likeness (QED) is 0.284. The van der Waals surface area contributed by atoms with Crippen LogP contribution < -0.4 is 0 Å². The summed E-state index contributed by atoms with van der Waals surface area (Å²) in [6.45, 7) is 5.38. The summed E-state index contributed by atoms with van der Waals surface area (Å²) in [7, 11) is 0. The standard InChI is InChI=1S/C5H8O2.Li.H/c1-3-5(6)7-4-2;;/h3H,1,4H2,2H3;;. The van der Waals surface area contributed by atoms with E-state index in [0.717, 1.165) is 6.08 Å². The van der Waals surface area contributed by atoms with Gasteiger partial charge in [-0.3, -0.25) is 0 Å². The Kier molecular flexibility index (Phi) is 9.13. The van der Waals surface area contributed by atoms with Crippen molar-refractivity contribution in [2.24, 2.45) is 0 Å². The van der Waals surface area contributed by atoms with Gasteiger partial charge in [-0.25, -0.2) is 4.79 Å². The van der Waals surface area contributed by atoms with E-state index in [4.69, 9.17) is 0 Å². The zero-order chi connectivity index (χ0) is 5.70. The molecule has 0 unspecified atom stereocenters. The Morgan fingerprint density at radius 2 is 2.38 bits per heavy atom. The molecular formula is C5H9LiO2. The minimum atomic E-state index is -0.359. The summed E-state index contributed by atoms with van der Waals surface area (Å²) in [4.78, 5) is 10.1. The molecule has 0 aliphatic heterocycles. The zero-order valence-corrected chi connectivity index (χ0v) is 4.31. The van der Waals surface area contributed by atoms with Gasteiger partial charge in [0, 0.05) is 6.08 Å². The third-order valence-electron chi connectivity index (χ3n) is 0.453. The fourth-order valence-electron chi connectivity index (χ4n) is 0.201. The van der Waals surface area contributed by atoms with Crippen LogP contribution in [0.3, 0.4) is 0 Å². The first kappa shape index (κ1) is 10.7. The van der Waals surface area contributed by atoms with Crippen molar-refractivity contribution >= 4 is 24.8 Å². The van der Waals surface area contributed by atoms with E-state index in [1.54, 1.807) is 6.92 Å². The molecule has 0 aromatic heterocycles. The van der Waals surface area contributed by atoms with E-state index >= 15 is 0 Å². The van der Waals surface area contributed by atoms with Crippen LogP contribution in [0.4, 0.5) is 0 Å². The number of carbonyl (C=O) groups is 1. The third-order valence-corrected chi connectivity index (χ3v) is 0.453. The summed E-state index contributed by atoms with van der Waals surface area (Å²) in [5, 5.41) is 0. The molecule has 0 saturated carbocycles. The Labute approximate surface area is 61.1 Å². The number of ether oxygens (including phenoxy) is 1. The molecule has 2 nitrogen and oxygen atoms in total. The Morgan fingerprint density at radius 3 is 2.50 bits per heavy atom. The van der Waals surface area contributed by atoms with Gasteiger partial charge in [-0.2, -0.15) is 0 Å². The second-order valence-electron chi connectivity index (χ2n) is 0.956. The molecular weight excluding hydrogens is 99.0 g/mol. The Morgan fingerprint density at radius 1 is 1.88 bits per heavy atom. The van der Waals surface area contributed by atoms with Gasteiger partial charge in [0.1, 0.15) is 0 Å². The number of hydrogen-bond acceptors (Lipinski definition) is 2. The van der Waals surface area contributed by atoms with Crippen LogP contribution in [0.25, 0.3) is 0 Å². The van der Waals surface area contributed by atoms with Crippen LogP contribution in [0, 0.1) is 0 Å². The van der Waals surface area contributed by atoms with Crippen LogP contribution in [-0.2, 0) is 9.53 Å². The number of rotatable bonds is 2. The molecule has 0 aromatic carbocycles. The van der Waals surface area contributed by atoms with Crippen LogP contribution >= 0.6 is 0 Å². The SMILES string of the molecule is C=CC(=O)OCC.[LiH]. The van der Waals surface area contributed by atoms with Gasteiger partial charge in [0.15, 0.2) is 0 Å². The van der Waals surface area contributed by atoms with E-state index < -0.39 is 0 Å². The molecule has 0 atom stereocenters. The maximum absolute atomic E-state index is 10.1. The Balaban J connectivity index is 0. The summed E-state index contributed by atoms with van der Waals surface area (Å²) >= 11 is 0. The summed E-state index contributed by atoms with van der Waals surface area (Å²) in [5.41, 5.74) is 0. The summed E-state index contributed by atoms with van der Waals surface area (Å²) < 4.78 is 4.43. The third kappa shape index (κ3) is 5.81. The van der Waals surface area contributed by atoms with E-state index in [2.05, 4.69) is 11.3 Å². The molecule has 0 aliphatic carbocycles. The maximum atomic E-state index is 10.1. The van der Waals surface area contributed by atoms with E-state index in [9.17, 15) is 4.79 Å². The van der Waals surface area contributed by atoms with Crippen molar-refractivity contribution in [3.05, 3.63) is 12.7 Å². The van der Waals surface area contributed by atoms with Crippen molar-refractivity contribution in [3.8, 4) is 0 Å². The van der Waals surface area contributed by atoms with Gasteiger partial charge < -0.3 is 4.74 Å². The predicted octanol–water partition coefficient (Wildman–Crippen LogP) is 0.0870. The van der Waals surface area contributed by atoms with E-state index in [-0.39, 0.29) is 24.8 Å². The van der Waals surface area contributed by atoms with E-state index in [0.29, 0.717) is 6.61 Å². The van der Waals surface area contributed by atoms with Crippen LogP contribution in [0.1, 0.15) is 6.92 Å². The molecule has 0 rings (SSSR count). The van der Waals surface area contributed by atoms with Gasteiger partial charge in [0.2, 0.25) is 0 Å². The molecule has 0 heterocycles. The first-order chi connectivity index (χ1) is 3.31. The van der Waals surface area contributed by atoms with Gasteiger partial charge in [-0.15, -0.1) is 0 Å². The normalized spacial score (nSPS) is 6.62. The average molecular weight is 108 g/mol. The van der Waals surface area contributed by atoms with Gasteiger partial charge in [0.25, 0.3) is 0 Å².